The second kappa shape index (κ2) is 4.81. The van der Waals surface area contributed by atoms with Crippen LogP contribution in [0.3, 0.4) is 0 Å². The number of nitrogens with two attached hydrogens (primary N) is 2. The first-order valence-corrected chi connectivity index (χ1v) is 4.62. The molecule has 92 valence electrons. The molecule has 0 aliphatic carbocycles. The molecule has 1 aromatic rings. The lowest BCUT2D eigenvalue weighted by molar-refractivity contribution is -0.131. The van der Waals surface area contributed by atoms with Gasteiger partial charge >= 0.3 is 0 Å². The van der Waals surface area contributed by atoms with Crippen molar-refractivity contribution in [2.45, 2.75) is 12.2 Å². The molecule has 0 saturated heterocycles. The highest BCUT2D eigenvalue weighted by Crippen LogP contribution is 2.23. The van der Waals surface area contributed by atoms with E-state index in [0.29, 0.717) is 0 Å². The number of aliphatic hydroxyl groups is 2. The highest BCUT2D eigenvalue weighted by molar-refractivity contribution is 5.95. The topological polar surface area (TPSA) is 147 Å². The minimum Gasteiger partial charge on any atom is -0.507 e. The molecule has 1 rings (SSSR count). The molecule has 7 heteroatoms. The van der Waals surface area contributed by atoms with Gasteiger partial charge in [-0.15, -0.1) is 0 Å². The van der Waals surface area contributed by atoms with Crippen molar-refractivity contribution in [3.63, 3.8) is 0 Å². The van der Waals surface area contributed by atoms with Crippen LogP contribution in [0.15, 0.2) is 18.2 Å². The van der Waals surface area contributed by atoms with Crippen LogP contribution in [0.4, 0.5) is 0 Å². The lowest BCUT2D eigenvalue weighted by Crippen LogP contribution is -2.34. The van der Waals surface area contributed by atoms with E-state index in [2.05, 4.69) is 0 Å². The maximum atomic E-state index is 10.9. The molecule has 17 heavy (non-hydrogen) atoms. The summed E-state index contributed by atoms with van der Waals surface area (Å²) in [6.45, 7) is 0. The molecule has 0 aromatic heterocycles. The van der Waals surface area contributed by atoms with Gasteiger partial charge in [-0.3, -0.25) is 9.59 Å². The summed E-state index contributed by atoms with van der Waals surface area (Å²) in [6, 6.07) is 3.43. The van der Waals surface area contributed by atoms with Crippen molar-refractivity contribution in [2.75, 3.05) is 0 Å². The van der Waals surface area contributed by atoms with Crippen molar-refractivity contribution >= 4 is 11.8 Å². The fourth-order valence-electron chi connectivity index (χ4n) is 1.27. The van der Waals surface area contributed by atoms with Gasteiger partial charge in [-0.1, -0.05) is 6.07 Å². The van der Waals surface area contributed by atoms with E-state index in [9.17, 15) is 24.9 Å². The zero-order valence-electron chi connectivity index (χ0n) is 8.70. The first-order chi connectivity index (χ1) is 7.84. The zero-order valence-corrected chi connectivity index (χ0v) is 8.70. The monoisotopic (exact) mass is 240 g/mol. The quantitative estimate of drug-likeness (QED) is 0.428. The van der Waals surface area contributed by atoms with E-state index < -0.39 is 24.0 Å². The third kappa shape index (κ3) is 2.71. The van der Waals surface area contributed by atoms with Crippen LogP contribution in [0.1, 0.15) is 22.0 Å². The Kier molecular flexibility index (Phi) is 3.66. The predicted molar refractivity (Wildman–Crippen MR) is 56.8 cm³/mol. The second-order valence-corrected chi connectivity index (χ2v) is 3.43. The van der Waals surface area contributed by atoms with E-state index in [1.54, 1.807) is 0 Å². The van der Waals surface area contributed by atoms with E-state index in [4.69, 9.17) is 11.5 Å². The van der Waals surface area contributed by atoms with Gasteiger partial charge in [-0.25, -0.2) is 0 Å². The van der Waals surface area contributed by atoms with Gasteiger partial charge in [0.05, 0.1) is 5.56 Å². The smallest absolute Gasteiger partial charge is 0.252 e. The first-order valence-electron chi connectivity index (χ1n) is 4.62. The number of hydrogen-bond donors (Lipinski definition) is 5. The molecule has 2 amide bonds. The highest BCUT2D eigenvalue weighted by Gasteiger charge is 2.24. The number of carbonyl (C=O) groups is 2. The predicted octanol–water partition coefficient (Wildman–Crippen LogP) is -1.63. The molecule has 0 spiro atoms. The van der Waals surface area contributed by atoms with Gasteiger partial charge in [0.1, 0.15) is 11.9 Å². The highest BCUT2D eigenvalue weighted by atomic mass is 16.3. The van der Waals surface area contributed by atoms with E-state index in [-0.39, 0.29) is 16.9 Å². The van der Waals surface area contributed by atoms with Crippen molar-refractivity contribution in [3.05, 3.63) is 29.3 Å². The number of aromatic hydroxyl groups is 1. The summed E-state index contributed by atoms with van der Waals surface area (Å²) in [5, 5.41) is 28.1. The number of rotatable bonds is 4. The fourth-order valence-corrected chi connectivity index (χ4v) is 1.27. The average molecular weight is 240 g/mol. The number of carbonyl (C=O) groups excluding carboxylic acids is 2. The molecular weight excluding hydrogens is 228 g/mol. The molecule has 0 saturated carbocycles. The van der Waals surface area contributed by atoms with Gasteiger partial charge in [0, 0.05) is 0 Å². The Labute approximate surface area is 96.3 Å². The Balaban J connectivity index is 3.11. The minimum atomic E-state index is -1.81. The van der Waals surface area contributed by atoms with Crippen LogP contribution < -0.4 is 11.5 Å². The molecule has 0 heterocycles. The van der Waals surface area contributed by atoms with Crippen LogP contribution in [-0.4, -0.2) is 33.2 Å². The van der Waals surface area contributed by atoms with Gasteiger partial charge in [0.15, 0.2) is 6.10 Å². The summed E-state index contributed by atoms with van der Waals surface area (Å²) in [4.78, 5) is 21.6. The summed E-state index contributed by atoms with van der Waals surface area (Å²) in [6.07, 6.45) is -3.40. The van der Waals surface area contributed by atoms with Gasteiger partial charge in [0.25, 0.3) is 5.91 Å². The molecule has 2 atom stereocenters. The molecule has 0 aliphatic rings. The van der Waals surface area contributed by atoms with Gasteiger partial charge in [-0.05, 0) is 17.7 Å². The number of primary amides is 2. The molecular formula is C10H12N2O5. The zero-order chi connectivity index (χ0) is 13.2. The number of benzene rings is 1. The van der Waals surface area contributed by atoms with Gasteiger partial charge in [-0.2, -0.15) is 0 Å². The van der Waals surface area contributed by atoms with E-state index in [1.165, 1.54) is 6.07 Å². The van der Waals surface area contributed by atoms with Crippen LogP contribution in [0, 0.1) is 0 Å². The first kappa shape index (κ1) is 12.9. The van der Waals surface area contributed by atoms with Crippen molar-refractivity contribution in [3.8, 4) is 5.75 Å². The summed E-state index contributed by atoms with van der Waals surface area (Å²) in [7, 11) is 0. The minimum absolute atomic E-state index is 0.0444. The molecule has 7 N–H and O–H groups in total. The van der Waals surface area contributed by atoms with Crippen LogP contribution >= 0.6 is 0 Å². The normalized spacial score (nSPS) is 14.0. The third-order valence-corrected chi connectivity index (χ3v) is 2.22. The number of aliphatic hydroxyl groups excluding tert-OH is 2. The molecule has 7 nitrogen and oxygen atoms in total. The molecule has 0 bridgehead atoms. The summed E-state index contributed by atoms with van der Waals surface area (Å²) in [5.74, 6) is -2.36. The van der Waals surface area contributed by atoms with Gasteiger partial charge in [0.2, 0.25) is 5.91 Å². The third-order valence-electron chi connectivity index (χ3n) is 2.22. The van der Waals surface area contributed by atoms with Crippen molar-refractivity contribution in [2.24, 2.45) is 11.5 Å². The fraction of sp³-hybridized carbons (Fsp3) is 0.200. The standard InChI is InChI=1S/C10H12N2O5/c11-9(16)5-3-4(1-2-6(5)13)7(14)8(15)10(12)17/h1-3,7-8,13-15H,(H2,11,16)(H2,12,17). The van der Waals surface area contributed by atoms with E-state index in [0.717, 1.165) is 12.1 Å². The average Bonchev–Trinajstić information content (AvgIpc) is 2.27. The maximum Gasteiger partial charge on any atom is 0.252 e. The molecule has 1 aromatic carbocycles. The Bertz CT molecular complexity index is 460. The Morgan fingerprint density at radius 2 is 1.76 bits per heavy atom. The van der Waals surface area contributed by atoms with Gasteiger partial charge < -0.3 is 26.8 Å². The number of hydrogen-bond acceptors (Lipinski definition) is 5. The summed E-state index contributed by atoms with van der Waals surface area (Å²) >= 11 is 0. The molecule has 0 aliphatic heterocycles. The lowest BCUT2D eigenvalue weighted by atomic mass is 10.0. The van der Waals surface area contributed by atoms with E-state index >= 15 is 0 Å². The van der Waals surface area contributed by atoms with Crippen LogP contribution in [-0.2, 0) is 4.79 Å². The van der Waals surface area contributed by atoms with Crippen LogP contribution in [0.25, 0.3) is 0 Å². The Hall–Kier alpha value is -2.12. The Morgan fingerprint density at radius 1 is 1.18 bits per heavy atom. The second-order valence-electron chi connectivity index (χ2n) is 3.43. The van der Waals surface area contributed by atoms with E-state index in [1.807, 2.05) is 0 Å². The van der Waals surface area contributed by atoms with Crippen molar-refractivity contribution < 1.29 is 24.9 Å². The number of phenols is 1. The van der Waals surface area contributed by atoms with Crippen LogP contribution in [0.2, 0.25) is 0 Å². The van der Waals surface area contributed by atoms with Crippen molar-refractivity contribution in [1.29, 1.82) is 0 Å². The summed E-state index contributed by atoms with van der Waals surface area (Å²) in [5.41, 5.74) is 9.62. The van der Waals surface area contributed by atoms with Crippen LogP contribution in [0.5, 0.6) is 5.75 Å². The largest absolute Gasteiger partial charge is 0.507 e. The molecule has 0 radical (unpaired) electrons. The molecule has 2 unspecified atom stereocenters. The molecule has 0 fully saturated rings. The summed E-state index contributed by atoms with van der Waals surface area (Å²) < 4.78 is 0. The lowest BCUT2D eigenvalue weighted by Gasteiger charge is -2.15. The SMILES string of the molecule is NC(=O)c1cc(C(O)C(O)C(N)=O)ccc1O. The number of amides is 2. The Morgan fingerprint density at radius 3 is 2.24 bits per heavy atom. The maximum absolute atomic E-state index is 10.9. The van der Waals surface area contributed by atoms with Crippen molar-refractivity contribution in [1.82, 2.24) is 0 Å².